The SMILES string of the molecule is CCN1C(C)=C(C)S/C1=C(/C(=O)OC)[C@@]1(C(=O)OC)c2ccccc2C(=O)[C@]1(C)c1ccc(Br)cc1. The normalized spacial score (nSPS) is 24.6. The number of thioether (sulfide) groups is 1. The van der Waals surface area contributed by atoms with Crippen molar-refractivity contribution in [2.45, 2.75) is 38.5 Å². The molecule has 2 aromatic rings. The van der Waals surface area contributed by atoms with E-state index in [-0.39, 0.29) is 11.4 Å². The summed E-state index contributed by atoms with van der Waals surface area (Å²) in [4.78, 5) is 45.3. The number of fused-ring (bicyclic) bond motifs is 1. The van der Waals surface area contributed by atoms with Crippen molar-refractivity contribution in [2.24, 2.45) is 0 Å². The summed E-state index contributed by atoms with van der Waals surface area (Å²) in [5, 5.41) is 0.567. The van der Waals surface area contributed by atoms with E-state index in [4.69, 9.17) is 9.47 Å². The number of ketones is 1. The Kier molecular flexibility index (Phi) is 6.96. The molecule has 0 saturated carbocycles. The maximum atomic E-state index is 14.3. The second-order valence-electron chi connectivity index (χ2n) is 8.91. The molecule has 0 unspecified atom stereocenters. The Balaban J connectivity index is 2.24. The van der Waals surface area contributed by atoms with Gasteiger partial charge in [-0.2, -0.15) is 0 Å². The first-order chi connectivity index (χ1) is 17.1. The van der Waals surface area contributed by atoms with E-state index in [1.165, 1.54) is 26.0 Å². The number of halogens is 1. The summed E-state index contributed by atoms with van der Waals surface area (Å²) in [7, 11) is 2.57. The molecule has 2 aliphatic rings. The van der Waals surface area contributed by atoms with Gasteiger partial charge >= 0.3 is 11.9 Å². The van der Waals surface area contributed by atoms with E-state index in [1.807, 2.05) is 37.8 Å². The monoisotopic (exact) mass is 569 g/mol. The fraction of sp³-hybridized carbons (Fsp3) is 0.321. The van der Waals surface area contributed by atoms with Crippen molar-refractivity contribution in [3.05, 3.63) is 90.9 Å². The van der Waals surface area contributed by atoms with Gasteiger partial charge in [-0.15, -0.1) is 0 Å². The number of nitrogens with zero attached hydrogens (tertiary/aromatic N) is 1. The number of methoxy groups -OCH3 is 2. The topological polar surface area (TPSA) is 72.9 Å². The zero-order valence-corrected chi connectivity index (χ0v) is 23.5. The number of carbonyl (C=O) groups excluding carboxylic acids is 3. The van der Waals surface area contributed by atoms with Gasteiger partial charge in [0.25, 0.3) is 0 Å². The third kappa shape index (κ3) is 3.41. The van der Waals surface area contributed by atoms with Crippen molar-refractivity contribution in [1.29, 1.82) is 0 Å². The molecule has 0 spiro atoms. The molecule has 2 atom stereocenters. The minimum atomic E-state index is -1.79. The molecule has 8 heteroatoms. The highest BCUT2D eigenvalue weighted by Gasteiger charge is 2.70. The van der Waals surface area contributed by atoms with E-state index >= 15 is 0 Å². The first-order valence-corrected chi connectivity index (χ1v) is 13.2. The van der Waals surface area contributed by atoms with Crippen molar-refractivity contribution in [3.8, 4) is 0 Å². The van der Waals surface area contributed by atoms with Crippen LogP contribution in [-0.2, 0) is 29.9 Å². The smallest absolute Gasteiger partial charge is 0.338 e. The van der Waals surface area contributed by atoms with E-state index in [0.717, 1.165) is 15.1 Å². The number of hydrogen-bond donors (Lipinski definition) is 0. The number of esters is 2. The Morgan fingerprint density at radius 2 is 1.67 bits per heavy atom. The Morgan fingerprint density at radius 3 is 2.25 bits per heavy atom. The van der Waals surface area contributed by atoms with Gasteiger partial charge in [0.15, 0.2) is 5.78 Å². The van der Waals surface area contributed by atoms with Crippen LogP contribution in [-0.4, -0.2) is 43.4 Å². The lowest BCUT2D eigenvalue weighted by atomic mass is 9.57. The zero-order valence-electron chi connectivity index (χ0n) is 21.1. The molecule has 2 aromatic carbocycles. The summed E-state index contributed by atoms with van der Waals surface area (Å²) in [6.07, 6.45) is 0. The highest BCUT2D eigenvalue weighted by atomic mass is 79.9. The second-order valence-corrected chi connectivity index (χ2v) is 11.0. The predicted octanol–water partition coefficient (Wildman–Crippen LogP) is 5.72. The van der Waals surface area contributed by atoms with Gasteiger partial charge in [-0.05, 0) is 51.0 Å². The molecule has 188 valence electrons. The third-order valence-corrected chi connectivity index (χ3v) is 9.15. The van der Waals surface area contributed by atoms with Crippen LogP contribution in [0.15, 0.2) is 74.2 Å². The lowest BCUT2D eigenvalue weighted by Gasteiger charge is -2.43. The van der Waals surface area contributed by atoms with E-state index in [0.29, 0.717) is 28.3 Å². The lowest BCUT2D eigenvalue weighted by molar-refractivity contribution is -0.151. The molecule has 36 heavy (non-hydrogen) atoms. The molecule has 1 aliphatic heterocycles. The third-order valence-electron chi connectivity index (χ3n) is 7.40. The van der Waals surface area contributed by atoms with Crippen LogP contribution in [0.5, 0.6) is 0 Å². The van der Waals surface area contributed by atoms with E-state index in [2.05, 4.69) is 15.9 Å². The molecule has 0 N–H and O–H groups in total. The van der Waals surface area contributed by atoms with Crippen LogP contribution < -0.4 is 0 Å². The first-order valence-electron chi connectivity index (χ1n) is 11.6. The molecule has 1 heterocycles. The Labute approximate surface area is 223 Å². The maximum absolute atomic E-state index is 14.3. The van der Waals surface area contributed by atoms with E-state index < -0.39 is 22.8 Å². The van der Waals surface area contributed by atoms with Crippen molar-refractivity contribution >= 4 is 45.4 Å². The van der Waals surface area contributed by atoms with Gasteiger partial charge in [-0.3, -0.25) is 9.59 Å². The van der Waals surface area contributed by atoms with Crippen LogP contribution in [0.25, 0.3) is 0 Å². The highest BCUT2D eigenvalue weighted by Crippen LogP contribution is 2.60. The molecular formula is C28H28BrNO5S. The zero-order chi connectivity index (χ0) is 26.4. The van der Waals surface area contributed by atoms with Crippen molar-refractivity contribution < 1.29 is 23.9 Å². The van der Waals surface area contributed by atoms with Gasteiger partial charge in [-0.1, -0.05) is 64.1 Å². The molecule has 0 aromatic heterocycles. The number of carbonyl (C=O) groups is 3. The molecule has 6 nitrogen and oxygen atoms in total. The number of benzene rings is 2. The van der Waals surface area contributed by atoms with Gasteiger partial charge in [0.2, 0.25) is 0 Å². The van der Waals surface area contributed by atoms with Crippen molar-refractivity contribution in [1.82, 2.24) is 4.90 Å². The largest absolute Gasteiger partial charge is 0.468 e. The Morgan fingerprint density at radius 1 is 1.03 bits per heavy atom. The van der Waals surface area contributed by atoms with Crippen LogP contribution in [0, 0.1) is 0 Å². The van der Waals surface area contributed by atoms with Gasteiger partial charge in [0.05, 0.1) is 30.2 Å². The maximum Gasteiger partial charge on any atom is 0.338 e. The van der Waals surface area contributed by atoms with Crippen LogP contribution in [0.3, 0.4) is 0 Å². The van der Waals surface area contributed by atoms with E-state index in [1.54, 1.807) is 43.3 Å². The van der Waals surface area contributed by atoms with Crippen molar-refractivity contribution in [2.75, 3.05) is 20.8 Å². The summed E-state index contributed by atoms with van der Waals surface area (Å²) in [6, 6.07) is 14.2. The van der Waals surface area contributed by atoms with Gasteiger partial charge in [-0.25, -0.2) is 4.79 Å². The molecule has 0 bridgehead atoms. The minimum Gasteiger partial charge on any atom is -0.468 e. The molecule has 0 radical (unpaired) electrons. The minimum absolute atomic E-state index is 0.101. The summed E-state index contributed by atoms with van der Waals surface area (Å²) in [5.74, 6) is -1.64. The van der Waals surface area contributed by atoms with E-state index in [9.17, 15) is 14.4 Å². The van der Waals surface area contributed by atoms with Crippen LogP contribution in [0.2, 0.25) is 0 Å². The Bertz CT molecular complexity index is 1330. The number of allylic oxidation sites excluding steroid dienone is 2. The lowest BCUT2D eigenvalue weighted by Crippen LogP contribution is -2.56. The quantitative estimate of drug-likeness (QED) is 0.337. The molecular weight excluding hydrogens is 542 g/mol. The van der Waals surface area contributed by atoms with Crippen LogP contribution in [0.1, 0.15) is 49.2 Å². The number of ether oxygens (including phenoxy) is 2. The molecule has 1 aliphatic carbocycles. The fourth-order valence-electron chi connectivity index (χ4n) is 5.49. The standard InChI is InChI=1S/C28H28BrNO5S/c1-7-30-16(2)17(3)36-24(30)22(25(32)34-5)28(26(33)35-6)21-11-9-8-10-20(21)23(31)27(28,4)18-12-14-19(29)15-13-18/h8-15H,7H2,1-6H3/b24-22-/t27-,28+/m0/s1. The summed E-state index contributed by atoms with van der Waals surface area (Å²) >= 11 is 4.86. The second kappa shape index (κ2) is 9.56. The average Bonchev–Trinajstić information content (AvgIpc) is 3.28. The average molecular weight is 571 g/mol. The predicted molar refractivity (Wildman–Crippen MR) is 143 cm³/mol. The van der Waals surface area contributed by atoms with Crippen molar-refractivity contribution in [3.63, 3.8) is 0 Å². The highest BCUT2D eigenvalue weighted by molar-refractivity contribution is 9.10. The number of rotatable bonds is 5. The molecule has 0 fully saturated rings. The first kappa shape index (κ1) is 26.2. The summed E-state index contributed by atoms with van der Waals surface area (Å²) < 4.78 is 11.6. The molecule has 0 amide bonds. The van der Waals surface area contributed by atoms with Crippen LogP contribution >= 0.6 is 27.7 Å². The van der Waals surface area contributed by atoms with Gasteiger partial charge < -0.3 is 14.4 Å². The van der Waals surface area contributed by atoms with Gasteiger partial charge in [0.1, 0.15) is 5.41 Å². The number of hydrogen-bond acceptors (Lipinski definition) is 7. The van der Waals surface area contributed by atoms with Gasteiger partial charge in [0, 0.05) is 27.2 Å². The number of Topliss-reactive ketones (excluding diaryl/α,β-unsaturated/α-hetero) is 1. The summed E-state index contributed by atoms with van der Waals surface area (Å²) in [6.45, 7) is 8.21. The fourth-order valence-corrected chi connectivity index (χ4v) is 7.01. The van der Waals surface area contributed by atoms with Crippen LogP contribution in [0.4, 0.5) is 0 Å². The molecule has 4 rings (SSSR count). The Hall–Kier alpha value is -2.84. The molecule has 0 saturated heterocycles. The summed E-state index contributed by atoms with van der Waals surface area (Å²) in [5.41, 5.74) is -0.818.